The lowest BCUT2D eigenvalue weighted by Crippen LogP contribution is -2.37. The maximum absolute atomic E-state index is 13.4. The van der Waals surface area contributed by atoms with E-state index in [1.54, 1.807) is 6.20 Å². The van der Waals surface area contributed by atoms with Gasteiger partial charge in [-0.2, -0.15) is 13.2 Å². The SMILES string of the molecule is O=C(N1C=COC(CC2=CC=CCC2)=C1)N1CCC(c2ccc(F)cc2C(F)(F)F)C1. The Morgan fingerprint density at radius 2 is 2.10 bits per heavy atom. The van der Waals surface area contributed by atoms with E-state index in [4.69, 9.17) is 4.74 Å². The first kappa shape index (κ1) is 21.2. The highest BCUT2D eigenvalue weighted by molar-refractivity contribution is 5.77. The molecule has 1 aromatic rings. The van der Waals surface area contributed by atoms with Crippen LogP contribution in [-0.4, -0.2) is 28.9 Å². The number of halogens is 4. The number of nitrogens with zero attached hydrogens (tertiary/aromatic N) is 2. The summed E-state index contributed by atoms with van der Waals surface area (Å²) >= 11 is 0. The van der Waals surface area contributed by atoms with Crippen LogP contribution >= 0.6 is 0 Å². The minimum atomic E-state index is -4.65. The van der Waals surface area contributed by atoms with Gasteiger partial charge in [0.1, 0.15) is 17.8 Å². The maximum atomic E-state index is 13.4. The van der Waals surface area contributed by atoms with Crippen LogP contribution in [0.25, 0.3) is 0 Å². The number of alkyl halides is 3. The van der Waals surface area contributed by atoms with Gasteiger partial charge in [0.25, 0.3) is 0 Å². The molecule has 0 spiro atoms. The second-order valence-corrected chi connectivity index (χ2v) is 7.82. The van der Waals surface area contributed by atoms with Gasteiger partial charge >= 0.3 is 12.2 Å². The molecule has 164 valence electrons. The third-order valence-electron chi connectivity index (χ3n) is 5.67. The molecule has 1 aromatic carbocycles. The highest BCUT2D eigenvalue weighted by Crippen LogP contribution is 2.39. The zero-order valence-corrected chi connectivity index (χ0v) is 16.7. The fraction of sp³-hybridized carbons (Fsp3) is 0.348. The molecule has 0 saturated carbocycles. The normalized spacial score (nSPS) is 21.1. The fourth-order valence-electron chi connectivity index (χ4n) is 4.12. The van der Waals surface area contributed by atoms with Crippen molar-refractivity contribution in [2.75, 3.05) is 13.1 Å². The van der Waals surface area contributed by atoms with Gasteiger partial charge in [0, 0.05) is 31.6 Å². The molecule has 3 aliphatic rings. The topological polar surface area (TPSA) is 32.8 Å². The zero-order valence-electron chi connectivity index (χ0n) is 16.7. The Hall–Kier alpha value is -3.03. The van der Waals surface area contributed by atoms with Gasteiger partial charge < -0.3 is 9.64 Å². The van der Waals surface area contributed by atoms with Crippen molar-refractivity contribution in [3.05, 3.63) is 83.4 Å². The van der Waals surface area contributed by atoms with Crippen molar-refractivity contribution in [1.82, 2.24) is 9.80 Å². The number of benzene rings is 1. The summed E-state index contributed by atoms with van der Waals surface area (Å²) in [4.78, 5) is 15.9. The smallest absolute Gasteiger partial charge is 0.416 e. The highest BCUT2D eigenvalue weighted by atomic mass is 19.4. The molecule has 4 nitrogen and oxygen atoms in total. The number of hydrogen-bond donors (Lipinski definition) is 0. The van der Waals surface area contributed by atoms with Gasteiger partial charge in [-0.3, -0.25) is 4.90 Å². The van der Waals surface area contributed by atoms with E-state index in [1.165, 1.54) is 33.9 Å². The molecule has 2 amide bonds. The predicted octanol–water partition coefficient (Wildman–Crippen LogP) is 6.07. The number of rotatable bonds is 3. The minimum absolute atomic E-state index is 0.0234. The predicted molar refractivity (Wildman–Crippen MR) is 107 cm³/mol. The molecule has 31 heavy (non-hydrogen) atoms. The van der Waals surface area contributed by atoms with Gasteiger partial charge in [-0.05, 0) is 37.0 Å². The van der Waals surface area contributed by atoms with Crippen LogP contribution in [0.3, 0.4) is 0 Å². The van der Waals surface area contributed by atoms with E-state index < -0.39 is 23.5 Å². The van der Waals surface area contributed by atoms with Gasteiger partial charge in [0.2, 0.25) is 0 Å². The number of urea groups is 1. The van der Waals surface area contributed by atoms with Crippen LogP contribution in [0.5, 0.6) is 0 Å². The van der Waals surface area contributed by atoms with Gasteiger partial charge in [-0.15, -0.1) is 0 Å². The van der Waals surface area contributed by atoms with E-state index >= 15 is 0 Å². The van der Waals surface area contributed by atoms with E-state index in [2.05, 4.69) is 6.08 Å². The lowest BCUT2D eigenvalue weighted by atomic mass is 9.93. The molecule has 8 heteroatoms. The average Bonchev–Trinajstić information content (AvgIpc) is 3.23. The first-order valence-corrected chi connectivity index (χ1v) is 10.1. The Labute approximate surface area is 177 Å². The number of carbonyl (C=O) groups is 1. The van der Waals surface area contributed by atoms with E-state index in [1.807, 2.05) is 12.2 Å². The molecule has 0 N–H and O–H groups in total. The largest absolute Gasteiger partial charge is 0.466 e. The fourth-order valence-corrected chi connectivity index (χ4v) is 4.12. The number of ether oxygens (including phenoxy) is 1. The Morgan fingerprint density at radius 1 is 1.26 bits per heavy atom. The molecule has 2 aliphatic heterocycles. The number of allylic oxidation sites excluding steroid dienone is 4. The maximum Gasteiger partial charge on any atom is 0.416 e. The molecule has 2 heterocycles. The second-order valence-electron chi connectivity index (χ2n) is 7.82. The molecule has 1 saturated heterocycles. The van der Waals surface area contributed by atoms with Gasteiger partial charge in [-0.1, -0.05) is 29.9 Å². The van der Waals surface area contributed by atoms with Gasteiger partial charge in [0.05, 0.1) is 11.8 Å². The third kappa shape index (κ3) is 4.84. The van der Waals surface area contributed by atoms with Crippen LogP contribution < -0.4 is 0 Å². The summed E-state index contributed by atoms with van der Waals surface area (Å²) in [6.45, 7) is 0.459. The van der Waals surface area contributed by atoms with E-state index in [-0.39, 0.29) is 18.1 Å². The zero-order chi connectivity index (χ0) is 22.0. The number of amides is 2. The van der Waals surface area contributed by atoms with Crippen molar-refractivity contribution < 1.29 is 27.1 Å². The standard InChI is InChI=1S/C23H22F4N2O2/c24-18-6-7-20(21(13-18)23(25,26)27)17-8-9-28(14-17)22(30)29-10-11-31-19(15-29)12-16-4-2-1-3-5-16/h1-2,4,6-7,10-11,13,15,17H,3,5,8-9,12,14H2. The first-order valence-electron chi connectivity index (χ1n) is 10.1. The monoisotopic (exact) mass is 434 g/mol. The Balaban J connectivity index is 1.45. The third-order valence-corrected chi connectivity index (χ3v) is 5.67. The van der Waals surface area contributed by atoms with Crippen molar-refractivity contribution in [3.8, 4) is 0 Å². The van der Waals surface area contributed by atoms with Crippen LogP contribution in [0.4, 0.5) is 22.4 Å². The van der Waals surface area contributed by atoms with Crippen molar-refractivity contribution in [3.63, 3.8) is 0 Å². The first-order chi connectivity index (χ1) is 14.8. The van der Waals surface area contributed by atoms with Crippen molar-refractivity contribution >= 4 is 6.03 Å². The molecule has 0 radical (unpaired) electrons. The lowest BCUT2D eigenvalue weighted by Gasteiger charge is -2.26. The number of hydrogen-bond acceptors (Lipinski definition) is 2. The number of likely N-dealkylation sites (tertiary alicyclic amines) is 1. The van der Waals surface area contributed by atoms with E-state index in [9.17, 15) is 22.4 Å². The summed E-state index contributed by atoms with van der Waals surface area (Å²) in [5.41, 5.74) is 0.249. The summed E-state index contributed by atoms with van der Waals surface area (Å²) in [6, 6.07) is 2.40. The van der Waals surface area contributed by atoms with Crippen LogP contribution in [0.2, 0.25) is 0 Å². The summed E-state index contributed by atoms with van der Waals surface area (Å²) in [7, 11) is 0. The minimum Gasteiger partial charge on any atom is -0.466 e. The molecule has 0 bridgehead atoms. The molecule has 0 aromatic heterocycles. The second kappa shape index (κ2) is 8.61. The summed E-state index contributed by atoms with van der Waals surface area (Å²) in [6.07, 6.45) is 8.88. The van der Waals surface area contributed by atoms with Crippen LogP contribution in [0, 0.1) is 5.82 Å². The summed E-state index contributed by atoms with van der Waals surface area (Å²) in [5.74, 6) is -0.804. The van der Waals surface area contributed by atoms with Crippen LogP contribution in [0.15, 0.2) is 66.4 Å². The summed E-state index contributed by atoms with van der Waals surface area (Å²) in [5, 5.41) is 0. The molecular weight excluding hydrogens is 412 g/mol. The molecule has 4 rings (SSSR count). The highest BCUT2D eigenvalue weighted by Gasteiger charge is 2.38. The van der Waals surface area contributed by atoms with Gasteiger partial charge in [-0.25, -0.2) is 9.18 Å². The Bertz CT molecular complexity index is 978. The molecule has 1 fully saturated rings. The average molecular weight is 434 g/mol. The molecular formula is C23H22F4N2O2. The van der Waals surface area contributed by atoms with Crippen LogP contribution in [-0.2, 0) is 10.9 Å². The molecule has 1 atom stereocenters. The van der Waals surface area contributed by atoms with E-state index in [0.717, 1.165) is 18.9 Å². The molecule has 1 unspecified atom stereocenters. The quantitative estimate of drug-likeness (QED) is 0.542. The van der Waals surface area contributed by atoms with Crippen LogP contribution in [0.1, 0.15) is 42.7 Å². The molecule has 1 aliphatic carbocycles. The lowest BCUT2D eigenvalue weighted by molar-refractivity contribution is -0.138. The Kier molecular flexibility index (Phi) is 5.89. The number of carbonyl (C=O) groups excluding carboxylic acids is 1. The summed E-state index contributed by atoms with van der Waals surface area (Å²) < 4.78 is 59.0. The van der Waals surface area contributed by atoms with Crippen molar-refractivity contribution in [1.29, 1.82) is 0 Å². The van der Waals surface area contributed by atoms with E-state index in [0.29, 0.717) is 31.2 Å². The Morgan fingerprint density at radius 3 is 2.84 bits per heavy atom. The van der Waals surface area contributed by atoms with Gasteiger partial charge in [0.15, 0.2) is 0 Å². The van der Waals surface area contributed by atoms with Crippen molar-refractivity contribution in [2.24, 2.45) is 0 Å². The van der Waals surface area contributed by atoms with Crippen molar-refractivity contribution in [2.45, 2.75) is 37.8 Å².